The van der Waals surface area contributed by atoms with E-state index in [-0.39, 0.29) is 5.54 Å². The summed E-state index contributed by atoms with van der Waals surface area (Å²) < 4.78 is 0. The summed E-state index contributed by atoms with van der Waals surface area (Å²) in [4.78, 5) is 2.62. The van der Waals surface area contributed by atoms with E-state index in [9.17, 15) is 0 Å². The maximum absolute atomic E-state index is 5.97. The Kier molecular flexibility index (Phi) is 4.19. The molecule has 0 aliphatic carbocycles. The number of hydrogen-bond acceptors (Lipinski definition) is 2. The second kappa shape index (κ2) is 4.84. The van der Waals surface area contributed by atoms with Crippen molar-refractivity contribution in [3.63, 3.8) is 0 Å². The second-order valence-electron chi connectivity index (χ2n) is 6.14. The highest BCUT2D eigenvalue weighted by Crippen LogP contribution is 2.33. The molecule has 1 heterocycles. The molecule has 1 atom stereocenters. The molecule has 1 fully saturated rings. The summed E-state index contributed by atoms with van der Waals surface area (Å²) in [5, 5.41) is 0. The topological polar surface area (TPSA) is 29.3 Å². The van der Waals surface area contributed by atoms with Crippen LogP contribution in [0.15, 0.2) is 0 Å². The van der Waals surface area contributed by atoms with Crippen molar-refractivity contribution in [3.8, 4) is 0 Å². The molecule has 1 rings (SSSR count). The van der Waals surface area contributed by atoms with Crippen LogP contribution < -0.4 is 5.73 Å². The lowest BCUT2D eigenvalue weighted by atomic mass is 9.80. The predicted molar refractivity (Wildman–Crippen MR) is 67.0 cm³/mol. The lowest BCUT2D eigenvalue weighted by molar-refractivity contribution is 0.0231. The molecule has 0 radical (unpaired) electrons. The first-order valence-corrected chi connectivity index (χ1v) is 6.39. The van der Waals surface area contributed by atoms with E-state index in [2.05, 4.69) is 32.6 Å². The minimum absolute atomic E-state index is 0.229. The highest BCUT2D eigenvalue weighted by molar-refractivity contribution is 4.92. The fraction of sp³-hybridized carbons (Fsp3) is 1.00. The minimum Gasteiger partial charge on any atom is -0.329 e. The Bertz CT molecular complexity index is 201. The van der Waals surface area contributed by atoms with Crippen molar-refractivity contribution < 1.29 is 0 Å². The fourth-order valence-corrected chi connectivity index (χ4v) is 2.81. The predicted octanol–water partition coefficient (Wildman–Crippen LogP) is 2.63. The monoisotopic (exact) mass is 212 g/mol. The van der Waals surface area contributed by atoms with Crippen LogP contribution in [0.3, 0.4) is 0 Å². The molecule has 2 heteroatoms. The summed E-state index contributed by atoms with van der Waals surface area (Å²) >= 11 is 0. The quantitative estimate of drug-likeness (QED) is 0.776. The van der Waals surface area contributed by atoms with Crippen molar-refractivity contribution in [1.29, 1.82) is 0 Å². The van der Waals surface area contributed by atoms with Crippen molar-refractivity contribution in [2.45, 2.75) is 58.9 Å². The molecule has 1 aliphatic heterocycles. The van der Waals surface area contributed by atoms with E-state index in [1.165, 1.54) is 38.8 Å². The molecule has 90 valence electrons. The van der Waals surface area contributed by atoms with Crippen LogP contribution in [0, 0.1) is 5.41 Å². The van der Waals surface area contributed by atoms with Gasteiger partial charge in [-0.05, 0) is 38.1 Å². The van der Waals surface area contributed by atoms with Crippen LogP contribution in [0.5, 0.6) is 0 Å². The Morgan fingerprint density at radius 1 is 1.40 bits per heavy atom. The molecular weight excluding hydrogens is 184 g/mol. The van der Waals surface area contributed by atoms with Crippen LogP contribution in [0.4, 0.5) is 0 Å². The van der Waals surface area contributed by atoms with Crippen molar-refractivity contribution >= 4 is 0 Å². The van der Waals surface area contributed by atoms with Gasteiger partial charge in [0.2, 0.25) is 0 Å². The molecule has 0 aromatic carbocycles. The van der Waals surface area contributed by atoms with Gasteiger partial charge < -0.3 is 5.73 Å². The Hall–Kier alpha value is -0.0800. The minimum atomic E-state index is 0.229. The van der Waals surface area contributed by atoms with E-state index in [1.54, 1.807) is 0 Å². The number of likely N-dealkylation sites (tertiary alicyclic amines) is 1. The summed E-state index contributed by atoms with van der Waals surface area (Å²) in [6.07, 6.45) is 5.13. The third kappa shape index (κ3) is 3.18. The third-order valence-electron chi connectivity index (χ3n) is 3.89. The Morgan fingerprint density at radius 2 is 2.07 bits per heavy atom. The molecule has 0 saturated carbocycles. The van der Waals surface area contributed by atoms with Crippen molar-refractivity contribution in [1.82, 2.24) is 4.90 Å². The Labute approximate surface area is 95.2 Å². The SMILES string of the molecule is CCCC(C)(CN)N1CCCC(C)(C)C1. The Morgan fingerprint density at radius 3 is 2.53 bits per heavy atom. The van der Waals surface area contributed by atoms with Crippen molar-refractivity contribution in [2.75, 3.05) is 19.6 Å². The highest BCUT2D eigenvalue weighted by atomic mass is 15.2. The van der Waals surface area contributed by atoms with Gasteiger partial charge in [0, 0.05) is 18.6 Å². The molecule has 1 unspecified atom stereocenters. The molecule has 2 nitrogen and oxygen atoms in total. The van der Waals surface area contributed by atoms with Gasteiger partial charge in [-0.15, -0.1) is 0 Å². The van der Waals surface area contributed by atoms with Crippen LogP contribution in [0.2, 0.25) is 0 Å². The molecule has 15 heavy (non-hydrogen) atoms. The lowest BCUT2D eigenvalue weighted by Gasteiger charge is -2.48. The Balaban J connectivity index is 2.67. The number of nitrogens with zero attached hydrogens (tertiary/aromatic N) is 1. The summed E-state index contributed by atoms with van der Waals surface area (Å²) in [5.41, 5.74) is 6.67. The van der Waals surface area contributed by atoms with E-state index >= 15 is 0 Å². The van der Waals surface area contributed by atoms with E-state index in [0.717, 1.165) is 6.54 Å². The van der Waals surface area contributed by atoms with E-state index in [0.29, 0.717) is 5.41 Å². The largest absolute Gasteiger partial charge is 0.329 e. The van der Waals surface area contributed by atoms with Gasteiger partial charge in [0.15, 0.2) is 0 Å². The standard InChI is InChI=1S/C13H28N2/c1-5-7-13(4,10-14)15-9-6-8-12(2,3)11-15/h5-11,14H2,1-4H3. The van der Waals surface area contributed by atoms with Crippen LogP contribution >= 0.6 is 0 Å². The second-order valence-corrected chi connectivity index (χ2v) is 6.14. The molecular formula is C13H28N2. The first kappa shape index (κ1) is 13.0. The van der Waals surface area contributed by atoms with Crippen molar-refractivity contribution in [3.05, 3.63) is 0 Å². The first-order chi connectivity index (χ1) is 6.93. The summed E-state index contributed by atoms with van der Waals surface area (Å²) in [6.45, 7) is 12.6. The zero-order valence-electron chi connectivity index (χ0n) is 11.0. The maximum Gasteiger partial charge on any atom is 0.0303 e. The van der Waals surface area contributed by atoms with E-state index < -0.39 is 0 Å². The molecule has 1 saturated heterocycles. The van der Waals surface area contributed by atoms with Gasteiger partial charge in [0.05, 0.1) is 0 Å². The average Bonchev–Trinajstić information content (AvgIpc) is 2.16. The summed E-state index contributed by atoms with van der Waals surface area (Å²) in [6, 6.07) is 0. The molecule has 2 N–H and O–H groups in total. The normalized spacial score (nSPS) is 26.2. The van der Waals surface area contributed by atoms with Gasteiger partial charge in [0.25, 0.3) is 0 Å². The smallest absolute Gasteiger partial charge is 0.0303 e. The van der Waals surface area contributed by atoms with E-state index in [4.69, 9.17) is 5.73 Å². The fourth-order valence-electron chi connectivity index (χ4n) is 2.81. The zero-order valence-corrected chi connectivity index (χ0v) is 11.0. The van der Waals surface area contributed by atoms with Gasteiger partial charge >= 0.3 is 0 Å². The van der Waals surface area contributed by atoms with Gasteiger partial charge in [-0.3, -0.25) is 4.90 Å². The van der Waals surface area contributed by atoms with Crippen molar-refractivity contribution in [2.24, 2.45) is 11.1 Å². The number of nitrogens with two attached hydrogens (primary N) is 1. The molecule has 0 bridgehead atoms. The van der Waals surface area contributed by atoms with Gasteiger partial charge in [-0.25, -0.2) is 0 Å². The van der Waals surface area contributed by atoms with Gasteiger partial charge in [-0.1, -0.05) is 27.2 Å². The summed E-state index contributed by atoms with van der Waals surface area (Å²) in [7, 11) is 0. The molecule has 0 amide bonds. The van der Waals surface area contributed by atoms with Crippen LogP contribution in [0.1, 0.15) is 53.4 Å². The molecule has 1 aliphatic rings. The number of piperidine rings is 1. The average molecular weight is 212 g/mol. The van der Waals surface area contributed by atoms with Crippen LogP contribution in [0.25, 0.3) is 0 Å². The van der Waals surface area contributed by atoms with E-state index in [1.807, 2.05) is 0 Å². The third-order valence-corrected chi connectivity index (χ3v) is 3.89. The van der Waals surface area contributed by atoms with Crippen LogP contribution in [-0.2, 0) is 0 Å². The summed E-state index contributed by atoms with van der Waals surface area (Å²) in [5.74, 6) is 0. The van der Waals surface area contributed by atoms with Crippen LogP contribution in [-0.4, -0.2) is 30.1 Å². The van der Waals surface area contributed by atoms with Gasteiger partial charge in [0.1, 0.15) is 0 Å². The molecule has 0 aromatic rings. The lowest BCUT2D eigenvalue weighted by Crippen LogP contribution is -2.56. The molecule has 0 spiro atoms. The maximum atomic E-state index is 5.97. The zero-order chi connectivity index (χ0) is 11.5. The van der Waals surface area contributed by atoms with Gasteiger partial charge in [-0.2, -0.15) is 0 Å². The first-order valence-electron chi connectivity index (χ1n) is 6.39. The number of rotatable bonds is 4. The number of hydrogen-bond donors (Lipinski definition) is 1. The highest BCUT2D eigenvalue weighted by Gasteiger charge is 2.36. The molecule has 0 aromatic heterocycles.